The van der Waals surface area contributed by atoms with Crippen LogP contribution in [0.15, 0.2) is 18.6 Å². The number of carbonyl (C=O) groups is 1. The Labute approximate surface area is 122 Å². The third-order valence-corrected chi connectivity index (χ3v) is 3.59. The fraction of sp³-hybridized carbons (Fsp3) is 0.500. The molecule has 1 aliphatic heterocycles. The molecule has 1 aliphatic rings. The second-order valence-electron chi connectivity index (χ2n) is 5.15. The molecule has 2 aromatic heterocycles. The second kappa shape index (κ2) is 5.69. The molecule has 3 heterocycles. The van der Waals surface area contributed by atoms with E-state index in [0.29, 0.717) is 25.3 Å². The van der Waals surface area contributed by atoms with Crippen molar-refractivity contribution in [3.05, 3.63) is 35.7 Å². The molecule has 7 heteroatoms. The summed E-state index contributed by atoms with van der Waals surface area (Å²) in [4.78, 5) is 21.7. The molecular weight excluding hydrogens is 270 g/mol. The predicted molar refractivity (Wildman–Crippen MR) is 75.8 cm³/mol. The number of hydrogen-bond donors (Lipinski definition) is 1. The molecular formula is C14H19N5O2. The highest BCUT2D eigenvalue weighted by Gasteiger charge is 2.28. The van der Waals surface area contributed by atoms with Crippen LogP contribution in [0.2, 0.25) is 0 Å². The van der Waals surface area contributed by atoms with Crippen molar-refractivity contribution >= 4 is 5.91 Å². The van der Waals surface area contributed by atoms with Crippen LogP contribution in [0.4, 0.5) is 0 Å². The summed E-state index contributed by atoms with van der Waals surface area (Å²) in [6.07, 6.45) is 4.97. The fourth-order valence-electron chi connectivity index (χ4n) is 2.43. The molecule has 21 heavy (non-hydrogen) atoms. The van der Waals surface area contributed by atoms with Gasteiger partial charge in [0.2, 0.25) is 0 Å². The van der Waals surface area contributed by atoms with Crippen LogP contribution < -0.4 is 0 Å². The third-order valence-electron chi connectivity index (χ3n) is 3.59. The third kappa shape index (κ3) is 2.82. The van der Waals surface area contributed by atoms with E-state index in [1.165, 1.54) is 0 Å². The number of hydrogen-bond acceptors (Lipinski definition) is 4. The first kappa shape index (κ1) is 13.8. The molecule has 1 unspecified atom stereocenters. The summed E-state index contributed by atoms with van der Waals surface area (Å²) in [6, 6.07) is 0. The van der Waals surface area contributed by atoms with Gasteiger partial charge in [0.1, 0.15) is 11.9 Å². The van der Waals surface area contributed by atoms with Crippen LogP contribution in [-0.4, -0.2) is 50.3 Å². The van der Waals surface area contributed by atoms with Crippen LogP contribution >= 0.6 is 0 Å². The van der Waals surface area contributed by atoms with Crippen LogP contribution in [0.25, 0.3) is 0 Å². The zero-order valence-electron chi connectivity index (χ0n) is 12.2. The Kier molecular flexibility index (Phi) is 3.74. The number of H-pyrrole nitrogens is 1. The van der Waals surface area contributed by atoms with E-state index in [0.717, 1.165) is 18.1 Å². The zero-order chi connectivity index (χ0) is 14.8. The van der Waals surface area contributed by atoms with Gasteiger partial charge < -0.3 is 14.6 Å². The highest BCUT2D eigenvalue weighted by molar-refractivity contribution is 5.93. The van der Waals surface area contributed by atoms with Gasteiger partial charge in [-0.3, -0.25) is 9.48 Å². The van der Waals surface area contributed by atoms with Crippen molar-refractivity contribution in [3.8, 4) is 0 Å². The first-order valence-corrected chi connectivity index (χ1v) is 7.12. The first-order chi connectivity index (χ1) is 10.2. The molecule has 112 valence electrons. The number of ether oxygens (including phenoxy) is 1. The average Bonchev–Trinajstić information content (AvgIpc) is 3.15. The molecule has 1 amide bonds. The summed E-state index contributed by atoms with van der Waals surface area (Å²) in [7, 11) is 0. The molecule has 2 aromatic rings. The van der Waals surface area contributed by atoms with Crippen molar-refractivity contribution in [2.24, 2.45) is 0 Å². The molecule has 0 radical (unpaired) electrons. The summed E-state index contributed by atoms with van der Waals surface area (Å²) in [6.45, 7) is 6.30. The Hall–Kier alpha value is -2.15. The topological polar surface area (TPSA) is 76.0 Å². The summed E-state index contributed by atoms with van der Waals surface area (Å²) in [5.74, 6) is 0.764. The van der Waals surface area contributed by atoms with E-state index in [-0.39, 0.29) is 12.0 Å². The number of carbonyl (C=O) groups excluding carboxylic acids is 1. The summed E-state index contributed by atoms with van der Waals surface area (Å²) >= 11 is 0. The Morgan fingerprint density at radius 3 is 3.05 bits per heavy atom. The molecule has 1 saturated heterocycles. The molecule has 0 saturated carbocycles. The number of imidazole rings is 1. The lowest BCUT2D eigenvalue weighted by Gasteiger charge is -2.31. The van der Waals surface area contributed by atoms with Gasteiger partial charge in [0.25, 0.3) is 5.91 Å². The summed E-state index contributed by atoms with van der Waals surface area (Å²) in [5, 5.41) is 4.15. The van der Waals surface area contributed by atoms with Crippen LogP contribution in [0.5, 0.6) is 0 Å². The first-order valence-electron chi connectivity index (χ1n) is 7.12. The van der Waals surface area contributed by atoms with E-state index >= 15 is 0 Å². The maximum absolute atomic E-state index is 12.5. The van der Waals surface area contributed by atoms with E-state index in [4.69, 9.17) is 4.74 Å². The monoisotopic (exact) mass is 289 g/mol. The standard InChI is InChI=1S/C14H19N5O2/c1-3-19-8-11(7-16-19)14(20)18-4-5-21-12(9-18)13-15-6-10(2)17-13/h6-8,12H,3-5,9H2,1-2H3,(H,15,17). The number of aromatic nitrogens is 4. The summed E-state index contributed by atoms with van der Waals surface area (Å²) < 4.78 is 7.46. The minimum Gasteiger partial charge on any atom is -0.367 e. The van der Waals surface area contributed by atoms with Crippen molar-refractivity contribution in [2.45, 2.75) is 26.5 Å². The Morgan fingerprint density at radius 2 is 2.38 bits per heavy atom. The van der Waals surface area contributed by atoms with Gasteiger partial charge in [0.05, 0.1) is 24.9 Å². The van der Waals surface area contributed by atoms with Crippen LogP contribution in [0, 0.1) is 6.92 Å². The van der Waals surface area contributed by atoms with Gasteiger partial charge >= 0.3 is 0 Å². The Balaban J connectivity index is 1.72. The maximum Gasteiger partial charge on any atom is 0.257 e. The lowest BCUT2D eigenvalue weighted by Crippen LogP contribution is -2.42. The number of morpholine rings is 1. The van der Waals surface area contributed by atoms with Crippen LogP contribution in [-0.2, 0) is 11.3 Å². The molecule has 7 nitrogen and oxygen atoms in total. The van der Waals surface area contributed by atoms with Gasteiger partial charge in [-0.1, -0.05) is 0 Å². The minimum atomic E-state index is -0.197. The number of amides is 1. The number of aromatic amines is 1. The van der Waals surface area contributed by atoms with E-state index in [2.05, 4.69) is 15.1 Å². The smallest absolute Gasteiger partial charge is 0.257 e. The maximum atomic E-state index is 12.5. The van der Waals surface area contributed by atoms with E-state index in [1.807, 2.05) is 13.8 Å². The van der Waals surface area contributed by atoms with Gasteiger partial charge in [0, 0.05) is 31.2 Å². The number of nitrogens with one attached hydrogen (secondary N) is 1. The van der Waals surface area contributed by atoms with Crippen molar-refractivity contribution in [1.82, 2.24) is 24.6 Å². The van der Waals surface area contributed by atoms with Gasteiger partial charge in [-0.25, -0.2) is 4.98 Å². The molecule has 3 rings (SSSR count). The predicted octanol–water partition coefficient (Wildman–Crippen LogP) is 1.15. The SMILES string of the molecule is CCn1cc(C(=O)N2CCOC(c3ncc(C)[nH]3)C2)cn1. The van der Waals surface area contributed by atoms with Crippen molar-refractivity contribution in [3.63, 3.8) is 0 Å². The van der Waals surface area contributed by atoms with E-state index in [9.17, 15) is 4.79 Å². The largest absolute Gasteiger partial charge is 0.367 e. The van der Waals surface area contributed by atoms with E-state index < -0.39 is 0 Å². The normalized spacial score (nSPS) is 19.0. The molecule has 1 fully saturated rings. The fourth-order valence-corrected chi connectivity index (χ4v) is 2.43. The molecule has 1 N–H and O–H groups in total. The van der Waals surface area contributed by atoms with Crippen LogP contribution in [0.3, 0.4) is 0 Å². The molecule has 0 aliphatic carbocycles. The summed E-state index contributed by atoms with van der Waals surface area (Å²) in [5.41, 5.74) is 1.61. The molecule has 0 aromatic carbocycles. The van der Waals surface area contributed by atoms with Gasteiger partial charge in [-0.05, 0) is 13.8 Å². The minimum absolute atomic E-state index is 0.00808. The highest BCUT2D eigenvalue weighted by atomic mass is 16.5. The Morgan fingerprint density at radius 1 is 1.52 bits per heavy atom. The molecule has 0 bridgehead atoms. The molecule has 0 spiro atoms. The van der Waals surface area contributed by atoms with Crippen molar-refractivity contribution in [1.29, 1.82) is 0 Å². The second-order valence-corrected chi connectivity index (χ2v) is 5.15. The Bertz CT molecular complexity index is 633. The number of rotatable bonds is 3. The molecule has 1 atom stereocenters. The van der Waals surface area contributed by atoms with Crippen molar-refractivity contribution < 1.29 is 9.53 Å². The zero-order valence-corrected chi connectivity index (χ0v) is 12.2. The van der Waals surface area contributed by atoms with Gasteiger partial charge in [-0.2, -0.15) is 5.10 Å². The van der Waals surface area contributed by atoms with Crippen molar-refractivity contribution in [2.75, 3.05) is 19.7 Å². The van der Waals surface area contributed by atoms with Gasteiger partial charge in [-0.15, -0.1) is 0 Å². The van der Waals surface area contributed by atoms with Gasteiger partial charge in [0.15, 0.2) is 0 Å². The number of aryl methyl sites for hydroxylation is 2. The number of nitrogens with zero attached hydrogens (tertiary/aromatic N) is 4. The highest BCUT2D eigenvalue weighted by Crippen LogP contribution is 2.21. The van der Waals surface area contributed by atoms with Crippen LogP contribution in [0.1, 0.15) is 34.9 Å². The quantitative estimate of drug-likeness (QED) is 0.919. The lowest BCUT2D eigenvalue weighted by atomic mass is 10.2. The average molecular weight is 289 g/mol. The lowest BCUT2D eigenvalue weighted by molar-refractivity contribution is -0.0264. The van der Waals surface area contributed by atoms with E-state index in [1.54, 1.807) is 28.2 Å².